The molecule has 33 heavy (non-hydrogen) atoms. The Balaban J connectivity index is 1.23. The Morgan fingerprint density at radius 2 is 1.58 bits per heavy atom. The number of rotatable bonds is 7. The van der Waals surface area contributed by atoms with Gasteiger partial charge in [0.05, 0.1) is 19.8 Å². The molecule has 0 unspecified atom stereocenters. The van der Waals surface area contributed by atoms with Gasteiger partial charge in [-0.2, -0.15) is 4.31 Å². The zero-order valence-corrected chi connectivity index (χ0v) is 19.4. The molecule has 9 heteroatoms. The summed E-state index contributed by atoms with van der Waals surface area (Å²) in [5, 5.41) is 4.19. The van der Waals surface area contributed by atoms with Crippen LogP contribution in [0.4, 0.5) is 11.4 Å². The van der Waals surface area contributed by atoms with Crippen LogP contribution in [0.15, 0.2) is 60.0 Å². The molecule has 0 bridgehead atoms. The highest BCUT2D eigenvalue weighted by molar-refractivity contribution is 7.92. The monoisotopic (exact) mass is 470 g/mol. The van der Waals surface area contributed by atoms with Crippen molar-refractivity contribution in [3.05, 3.63) is 65.6 Å². The Labute approximate surface area is 195 Å². The van der Waals surface area contributed by atoms with Crippen LogP contribution in [-0.2, 0) is 19.6 Å². The fourth-order valence-electron chi connectivity index (χ4n) is 3.94. The average Bonchev–Trinajstić information content (AvgIpc) is 2.85. The first-order valence-corrected chi connectivity index (χ1v) is 12.7. The van der Waals surface area contributed by atoms with Gasteiger partial charge < -0.3 is 15.0 Å². The molecule has 0 atom stereocenters. The van der Waals surface area contributed by atoms with Crippen molar-refractivity contribution in [2.45, 2.75) is 0 Å². The molecule has 2 aromatic carbocycles. The number of ether oxygens (including phenoxy) is 1. The third-order valence-electron chi connectivity index (χ3n) is 5.82. The predicted molar refractivity (Wildman–Crippen MR) is 131 cm³/mol. The van der Waals surface area contributed by atoms with Crippen LogP contribution in [0.25, 0.3) is 6.08 Å². The molecular weight excluding hydrogens is 440 g/mol. The molecule has 0 spiro atoms. The summed E-state index contributed by atoms with van der Waals surface area (Å²) >= 11 is 0. The molecule has 0 aromatic heterocycles. The summed E-state index contributed by atoms with van der Waals surface area (Å²) in [4.78, 5) is 16.7. The van der Waals surface area contributed by atoms with Crippen LogP contribution in [0, 0.1) is 0 Å². The quantitative estimate of drug-likeness (QED) is 0.667. The first-order valence-electron chi connectivity index (χ1n) is 11.2. The average molecular weight is 471 g/mol. The maximum absolute atomic E-state index is 12.6. The van der Waals surface area contributed by atoms with E-state index in [9.17, 15) is 13.2 Å². The topological polar surface area (TPSA) is 82.2 Å². The van der Waals surface area contributed by atoms with Gasteiger partial charge in [-0.3, -0.25) is 9.69 Å². The van der Waals surface area contributed by atoms with E-state index in [0.717, 1.165) is 43.2 Å². The number of anilines is 2. The first-order chi connectivity index (χ1) is 16.0. The summed E-state index contributed by atoms with van der Waals surface area (Å²) in [7, 11) is -3.48. The van der Waals surface area contributed by atoms with Gasteiger partial charge in [0.25, 0.3) is 0 Å². The van der Waals surface area contributed by atoms with Crippen molar-refractivity contribution in [1.29, 1.82) is 0 Å². The molecular formula is C24H30N4O4S. The Morgan fingerprint density at radius 3 is 2.24 bits per heavy atom. The number of morpholine rings is 1. The van der Waals surface area contributed by atoms with Crippen LogP contribution in [0.2, 0.25) is 0 Å². The number of sulfonamides is 1. The van der Waals surface area contributed by atoms with Gasteiger partial charge >= 0.3 is 0 Å². The molecule has 2 fully saturated rings. The van der Waals surface area contributed by atoms with Crippen LogP contribution in [0.3, 0.4) is 0 Å². The lowest BCUT2D eigenvalue weighted by atomic mass is 10.2. The normalized spacial score (nSPS) is 18.5. The summed E-state index contributed by atoms with van der Waals surface area (Å²) in [5.74, 6) is -0.102. The van der Waals surface area contributed by atoms with Gasteiger partial charge in [0.15, 0.2) is 0 Å². The maximum Gasteiger partial charge on any atom is 0.238 e. The second-order valence-electron chi connectivity index (χ2n) is 8.13. The van der Waals surface area contributed by atoms with Gasteiger partial charge in [-0.1, -0.05) is 30.3 Å². The molecule has 2 saturated heterocycles. The standard InChI is InChI=1S/C24H30N4O4S/c29-24(25-22-6-8-23(9-7-22)27-15-17-32-18-16-27)20-26-11-13-28(14-12-26)33(30,31)19-10-21-4-2-1-3-5-21/h1-10,19H,11-18,20H2,(H,25,29). The molecule has 2 aliphatic rings. The van der Waals surface area contributed by atoms with Gasteiger partial charge in [0, 0.05) is 56.1 Å². The first kappa shape index (κ1) is 23.4. The van der Waals surface area contributed by atoms with Gasteiger partial charge in [0.1, 0.15) is 0 Å². The number of hydrogen-bond donors (Lipinski definition) is 1. The molecule has 0 radical (unpaired) electrons. The van der Waals surface area contributed by atoms with E-state index < -0.39 is 10.0 Å². The van der Waals surface area contributed by atoms with Gasteiger partial charge in [-0.25, -0.2) is 8.42 Å². The number of benzene rings is 2. The van der Waals surface area contributed by atoms with E-state index in [0.29, 0.717) is 26.2 Å². The summed E-state index contributed by atoms with van der Waals surface area (Å²) < 4.78 is 32.0. The van der Waals surface area contributed by atoms with E-state index in [1.54, 1.807) is 6.08 Å². The van der Waals surface area contributed by atoms with Crippen molar-refractivity contribution in [3.63, 3.8) is 0 Å². The predicted octanol–water partition coefficient (Wildman–Crippen LogP) is 2.08. The van der Waals surface area contributed by atoms with Crippen LogP contribution in [0.5, 0.6) is 0 Å². The SMILES string of the molecule is O=C(CN1CCN(S(=O)(=O)C=Cc2ccccc2)CC1)Nc1ccc(N2CCOCC2)cc1. The van der Waals surface area contributed by atoms with E-state index >= 15 is 0 Å². The largest absolute Gasteiger partial charge is 0.378 e. The van der Waals surface area contributed by atoms with Gasteiger partial charge in [-0.15, -0.1) is 0 Å². The van der Waals surface area contributed by atoms with E-state index in [2.05, 4.69) is 10.2 Å². The lowest BCUT2D eigenvalue weighted by Gasteiger charge is -2.32. The number of nitrogens with zero attached hydrogens (tertiary/aromatic N) is 3. The minimum absolute atomic E-state index is 0.102. The molecule has 2 heterocycles. The van der Waals surface area contributed by atoms with Crippen LogP contribution in [0.1, 0.15) is 5.56 Å². The van der Waals surface area contributed by atoms with E-state index in [4.69, 9.17) is 4.74 Å². The summed E-state index contributed by atoms with van der Waals surface area (Å²) in [6.45, 7) is 5.20. The molecule has 2 aromatic rings. The minimum Gasteiger partial charge on any atom is -0.378 e. The summed E-state index contributed by atoms with van der Waals surface area (Å²) in [5.41, 5.74) is 2.72. The highest BCUT2D eigenvalue weighted by Gasteiger charge is 2.26. The minimum atomic E-state index is -3.48. The number of hydrogen-bond acceptors (Lipinski definition) is 6. The Kier molecular flexibility index (Phi) is 7.77. The van der Waals surface area contributed by atoms with Crippen molar-refractivity contribution in [2.24, 2.45) is 0 Å². The number of carbonyl (C=O) groups excluding carboxylic acids is 1. The van der Waals surface area contributed by atoms with Gasteiger partial charge in [0.2, 0.25) is 15.9 Å². The zero-order valence-electron chi connectivity index (χ0n) is 18.6. The van der Waals surface area contributed by atoms with Crippen LogP contribution < -0.4 is 10.2 Å². The highest BCUT2D eigenvalue weighted by Crippen LogP contribution is 2.19. The molecule has 0 aliphatic carbocycles. The van der Waals surface area contributed by atoms with Crippen LogP contribution in [-0.4, -0.2) is 82.6 Å². The Morgan fingerprint density at radius 1 is 0.909 bits per heavy atom. The summed E-state index contributed by atoms with van der Waals surface area (Å²) in [6, 6.07) is 17.2. The summed E-state index contributed by atoms with van der Waals surface area (Å²) in [6.07, 6.45) is 1.61. The highest BCUT2D eigenvalue weighted by atomic mass is 32.2. The lowest BCUT2D eigenvalue weighted by Crippen LogP contribution is -2.49. The Hall–Kier alpha value is -2.72. The van der Waals surface area contributed by atoms with E-state index in [1.807, 2.05) is 59.5 Å². The van der Waals surface area contributed by atoms with E-state index in [1.165, 1.54) is 9.71 Å². The van der Waals surface area contributed by atoms with E-state index in [-0.39, 0.29) is 12.5 Å². The van der Waals surface area contributed by atoms with Crippen LogP contribution >= 0.6 is 0 Å². The van der Waals surface area contributed by atoms with Gasteiger partial charge in [-0.05, 0) is 35.9 Å². The maximum atomic E-state index is 12.6. The van der Waals surface area contributed by atoms with Crippen molar-refractivity contribution in [3.8, 4) is 0 Å². The molecule has 1 N–H and O–H groups in total. The third kappa shape index (κ3) is 6.64. The van der Waals surface area contributed by atoms with Crippen molar-refractivity contribution < 1.29 is 17.9 Å². The number of nitrogens with one attached hydrogen (secondary N) is 1. The molecule has 176 valence electrons. The molecule has 2 aliphatic heterocycles. The zero-order chi connectivity index (χ0) is 23.1. The molecule has 4 rings (SSSR count). The number of amides is 1. The Bertz CT molecular complexity index is 1040. The smallest absolute Gasteiger partial charge is 0.238 e. The fourth-order valence-corrected chi connectivity index (χ4v) is 5.11. The van der Waals surface area contributed by atoms with Crippen molar-refractivity contribution in [2.75, 3.05) is 69.2 Å². The van der Waals surface area contributed by atoms with Crippen molar-refractivity contribution in [1.82, 2.24) is 9.21 Å². The third-order valence-corrected chi connectivity index (χ3v) is 7.38. The molecule has 0 saturated carbocycles. The number of piperazine rings is 1. The second-order valence-corrected chi connectivity index (χ2v) is 9.95. The van der Waals surface area contributed by atoms with Crippen molar-refractivity contribution >= 4 is 33.4 Å². The fraction of sp³-hybridized carbons (Fsp3) is 0.375. The number of carbonyl (C=O) groups is 1. The molecule has 8 nitrogen and oxygen atoms in total. The lowest BCUT2D eigenvalue weighted by molar-refractivity contribution is -0.117. The second kappa shape index (κ2) is 10.9. The molecule has 1 amide bonds.